The van der Waals surface area contributed by atoms with Gasteiger partial charge in [-0.1, -0.05) is 41.5 Å². The third-order valence-electron chi connectivity index (χ3n) is 3.99. The molecule has 3 atom stereocenters. The molecule has 0 bridgehead atoms. The minimum Gasteiger partial charge on any atom is -0.374 e. The van der Waals surface area contributed by atoms with Crippen molar-refractivity contribution in [2.24, 2.45) is 16.7 Å². The second kappa shape index (κ2) is 3.52. The summed E-state index contributed by atoms with van der Waals surface area (Å²) >= 11 is 0. The van der Waals surface area contributed by atoms with Crippen LogP contribution >= 0.6 is 0 Å². The van der Waals surface area contributed by atoms with E-state index in [1.54, 1.807) is 0 Å². The number of rotatable bonds is 0. The first kappa shape index (κ1) is 12.0. The van der Waals surface area contributed by atoms with Gasteiger partial charge in [0, 0.05) is 0 Å². The van der Waals surface area contributed by atoms with Crippen LogP contribution in [0.2, 0.25) is 0 Å². The SMILES string of the molecule is CC1OC(C(C)(C)C)CC(C)(C)C1C. The highest BCUT2D eigenvalue weighted by molar-refractivity contribution is 4.91. The normalized spacial score (nSPS) is 38.4. The number of hydrogen-bond donors (Lipinski definition) is 0. The molecule has 1 saturated heterocycles. The van der Waals surface area contributed by atoms with E-state index in [2.05, 4.69) is 48.5 Å². The van der Waals surface area contributed by atoms with Crippen molar-refractivity contribution in [3.63, 3.8) is 0 Å². The first-order valence-corrected chi connectivity index (χ1v) is 5.80. The summed E-state index contributed by atoms with van der Waals surface area (Å²) in [4.78, 5) is 0. The Balaban J connectivity index is 2.79. The van der Waals surface area contributed by atoms with E-state index in [1.807, 2.05) is 0 Å². The molecule has 1 heteroatoms. The van der Waals surface area contributed by atoms with Gasteiger partial charge in [-0.2, -0.15) is 0 Å². The number of ether oxygens (including phenoxy) is 1. The van der Waals surface area contributed by atoms with Crippen LogP contribution in [-0.4, -0.2) is 12.2 Å². The molecule has 1 aliphatic rings. The van der Waals surface area contributed by atoms with Crippen LogP contribution in [0.3, 0.4) is 0 Å². The van der Waals surface area contributed by atoms with Gasteiger partial charge in [0.05, 0.1) is 12.2 Å². The summed E-state index contributed by atoms with van der Waals surface area (Å²) in [5.74, 6) is 0.654. The molecule has 0 spiro atoms. The summed E-state index contributed by atoms with van der Waals surface area (Å²) in [5.41, 5.74) is 0.682. The van der Waals surface area contributed by atoms with E-state index in [9.17, 15) is 0 Å². The maximum Gasteiger partial charge on any atom is 0.0632 e. The van der Waals surface area contributed by atoms with E-state index in [4.69, 9.17) is 4.74 Å². The van der Waals surface area contributed by atoms with Crippen LogP contribution in [0.5, 0.6) is 0 Å². The van der Waals surface area contributed by atoms with Gasteiger partial charge in [0.15, 0.2) is 0 Å². The van der Waals surface area contributed by atoms with Gasteiger partial charge in [-0.05, 0) is 30.1 Å². The highest BCUT2D eigenvalue weighted by Crippen LogP contribution is 2.44. The lowest BCUT2D eigenvalue weighted by Crippen LogP contribution is -2.47. The molecule has 0 N–H and O–H groups in total. The van der Waals surface area contributed by atoms with Crippen LogP contribution in [0.1, 0.15) is 54.9 Å². The molecule has 0 aromatic heterocycles. The summed E-state index contributed by atoms with van der Waals surface area (Å²) < 4.78 is 6.10. The van der Waals surface area contributed by atoms with E-state index in [0.717, 1.165) is 0 Å². The Morgan fingerprint density at radius 3 is 2.00 bits per heavy atom. The third kappa shape index (κ3) is 2.31. The molecule has 1 fully saturated rings. The second-order valence-corrected chi connectivity index (χ2v) is 6.68. The van der Waals surface area contributed by atoms with Crippen LogP contribution in [0.25, 0.3) is 0 Å². The molecule has 0 aliphatic carbocycles. The van der Waals surface area contributed by atoms with Gasteiger partial charge in [0.2, 0.25) is 0 Å². The average Bonchev–Trinajstić information content (AvgIpc) is 1.97. The first-order chi connectivity index (χ1) is 6.14. The molecule has 84 valence electrons. The molecule has 1 rings (SSSR count). The fourth-order valence-electron chi connectivity index (χ4n) is 2.23. The van der Waals surface area contributed by atoms with Crippen molar-refractivity contribution in [3.8, 4) is 0 Å². The van der Waals surface area contributed by atoms with Gasteiger partial charge >= 0.3 is 0 Å². The fraction of sp³-hybridized carbons (Fsp3) is 1.00. The standard InChI is InChI=1S/C13H26O/c1-9-10(2)14-11(12(3,4)5)8-13(9,6)7/h9-11H,8H2,1-7H3. The predicted octanol–water partition coefficient (Wildman–Crippen LogP) is 3.87. The maximum absolute atomic E-state index is 6.10. The molecule has 3 unspecified atom stereocenters. The molecule has 0 amide bonds. The Bertz CT molecular complexity index is 200. The molecule has 0 saturated carbocycles. The van der Waals surface area contributed by atoms with Gasteiger partial charge < -0.3 is 4.74 Å². The third-order valence-corrected chi connectivity index (χ3v) is 3.99. The monoisotopic (exact) mass is 198 g/mol. The minimum atomic E-state index is 0.270. The van der Waals surface area contributed by atoms with Gasteiger partial charge in [-0.15, -0.1) is 0 Å². The van der Waals surface area contributed by atoms with Crippen LogP contribution < -0.4 is 0 Å². The van der Waals surface area contributed by atoms with Crippen LogP contribution in [0, 0.1) is 16.7 Å². The van der Waals surface area contributed by atoms with Crippen molar-refractivity contribution in [2.45, 2.75) is 67.1 Å². The summed E-state index contributed by atoms with van der Waals surface area (Å²) in [5, 5.41) is 0. The number of hydrogen-bond acceptors (Lipinski definition) is 1. The predicted molar refractivity (Wildman–Crippen MR) is 61.4 cm³/mol. The van der Waals surface area contributed by atoms with Crippen molar-refractivity contribution in [1.82, 2.24) is 0 Å². The molecular formula is C13H26O. The van der Waals surface area contributed by atoms with Crippen molar-refractivity contribution < 1.29 is 4.74 Å². The van der Waals surface area contributed by atoms with Gasteiger partial charge in [-0.25, -0.2) is 0 Å². The largest absolute Gasteiger partial charge is 0.374 e. The van der Waals surface area contributed by atoms with E-state index < -0.39 is 0 Å². The van der Waals surface area contributed by atoms with Crippen molar-refractivity contribution in [1.29, 1.82) is 0 Å². The van der Waals surface area contributed by atoms with Crippen molar-refractivity contribution in [3.05, 3.63) is 0 Å². The van der Waals surface area contributed by atoms with Crippen LogP contribution in [0.4, 0.5) is 0 Å². The van der Waals surface area contributed by atoms with E-state index >= 15 is 0 Å². The molecular weight excluding hydrogens is 172 g/mol. The highest BCUT2D eigenvalue weighted by atomic mass is 16.5. The van der Waals surface area contributed by atoms with E-state index in [0.29, 0.717) is 23.5 Å². The molecule has 14 heavy (non-hydrogen) atoms. The Kier molecular flexibility index (Phi) is 3.02. The molecule has 1 heterocycles. The summed E-state index contributed by atoms with van der Waals surface area (Å²) in [7, 11) is 0. The van der Waals surface area contributed by atoms with Crippen LogP contribution in [-0.2, 0) is 4.74 Å². The molecule has 0 aromatic rings. The maximum atomic E-state index is 6.10. The average molecular weight is 198 g/mol. The first-order valence-electron chi connectivity index (χ1n) is 5.80. The molecule has 1 nitrogen and oxygen atoms in total. The quantitative estimate of drug-likeness (QED) is 0.574. The Morgan fingerprint density at radius 1 is 1.14 bits per heavy atom. The van der Waals surface area contributed by atoms with Crippen LogP contribution in [0.15, 0.2) is 0 Å². The fourth-order valence-corrected chi connectivity index (χ4v) is 2.23. The van der Waals surface area contributed by atoms with E-state index in [-0.39, 0.29) is 5.41 Å². The molecule has 0 aromatic carbocycles. The Morgan fingerprint density at radius 2 is 1.64 bits per heavy atom. The van der Waals surface area contributed by atoms with Crippen molar-refractivity contribution >= 4 is 0 Å². The second-order valence-electron chi connectivity index (χ2n) is 6.68. The Hall–Kier alpha value is -0.0400. The zero-order valence-electron chi connectivity index (χ0n) is 10.8. The van der Waals surface area contributed by atoms with E-state index in [1.165, 1.54) is 6.42 Å². The highest BCUT2D eigenvalue weighted by Gasteiger charge is 2.42. The lowest BCUT2D eigenvalue weighted by molar-refractivity contribution is -0.158. The molecule has 0 radical (unpaired) electrons. The summed E-state index contributed by atoms with van der Waals surface area (Å²) in [6.45, 7) is 16.1. The summed E-state index contributed by atoms with van der Waals surface area (Å²) in [6.07, 6.45) is 1.98. The lowest BCUT2D eigenvalue weighted by Gasteiger charge is -2.48. The van der Waals surface area contributed by atoms with Gasteiger partial charge in [-0.3, -0.25) is 0 Å². The topological polar surface area (TPSA) is 9.23 Å². The van der Waals surface area contributed by atoms with Crippen molar-refractivity contribution in [2.75, 3.05) is 0 Å². The zero-order valence-corrected chi connectivity index (χ0v) is 10.8. The minimum absolute atomic E-state index is 0.270. The smallest absolute Gasteiger partial charge is 0.0632 e. The zero-order chi connectivity index (χ0) is 11.1. The van der Waals surface area contributed by atoms with Gasteiger partial charge in [0.25, 0.3) is 0 Å². The Labute approximate surface area is 89.2 Å². The van der Waals surface area contributed by atoms with Gasteiger partial charge in [0.1, 0.15) is 0 Å². The lowest BCUT2D eigenvalue weighted by atomic mass is 9.67. The summed E-state index contributed by atoms with van der Waals surface area (Å²) in [6, 6.07) is 0. The molecule has 1 aliphatic heterocycles.